The van der Waals surface area contributed by atoms with Crippen LogP contribution in [-0.2, 0) is 0 Å². The number of rotatable bonds is 2. The molecule has 0 radical (unpaired) electrons. The van der Waals surface area contributed by atoms with E-state index in [0.29, 0.717) is 0 Å². The lowest BCUT2D eigenvalue weighted by Gasteiger charge is -2.11. The standard InChI is InChI=1S/C22H15Br/c23-22-15-18(16-7-2-1-3-8-16)13-14-21(22)20-12-6-10-17-9-4-5-11-19(17)20/h1-15H. The van der Waals surface area contributed by atoms with Crippen LogP contribution in [0.1, 0.15) is 0 Å². The molecule has 0 spiro atoms. The van der Waals surface area contributed by atoms with Gasteiger partial charge in [-0.25, -0.2) is 0 Å². The Morgan fingerprint density at radius 3 is 2.09 bits per heavy atom. The van der Waals surface area contributed by atoms with Crippen molar-refractivity contribution in [2.75, 3.05) is 0 Å². The Morgan fingerprint density at radius 2 is 1.26 bits per heavy atom. The van der Waals surface area contributed by atoms with E-state index in [1.165, 1.54) is 33.0 Å². The van der Waals surface area contributed by atoms with Gasteiger partial charge in [0.25, 0.3) is 0 Å². The molecule has 0 amide bonds. The van der Waals surface area contributed by atoms with Gasteiger partial charge in [0.1, 0.15) is 0 Å². The Bertz CT molecular complexity index is 966. The molecule has 0 nitrogen and oxygen atoms in total. The van der Waals surface area contributed by atoms with Gasteiger partial charge in [0, 0.05) is 4.47 Å². The maximum atomic E-state index is 3.77. The molecule has 0 aromatic heterocycles. The van der Waals surface area contributed by atoms with Crippen LogP contribution in [0.25, 0.3) is 33.0 Å². The maximum Gasteiger partial charge on any atom is 0.0260 e. The van der Waals surface area contributed by atoms with Crippen LogP contribution in [0, 0.1) is 0 Å². The fraction of sp³-hybridized carbons (Fsp3) is 0. The molecule has 0 atom stereocenters. The van der Waals surface area contributed by atoms with E-state index in [2.05, 4.69) is 101 Å². The zero-order valence-corrected chi connectivity index (χ0v) is 14.1. The van der Waals surface area contributed by atoms with Gasteiger partial charge < -0.3 is 0 Å². The van der Waals surface area contributed by atoms with Gasteiger partial charge in [-0.3, -0.25) is 0 Å². The third kappa shape index (κ3) is 2.69. The molecule has 0 unspecified atom stereocenters. The van der Waals surface area contributed by atoms with Gasteiger partial charge in [-0.2, -0.15) is 0 Å². The molecule has 0 heterocycles. The predicted molar refractivity (Wildman–Crippen MR) is 103 cm³/mol. The Balaban J connectivity index is 1.87. The summed E-state index contributed by atoms with van der Waals surface area (Å²) < 4.78 is 1.12. The highest BCUT2D eigenvalue weighted by molar-refractivity contribution is 9.10. The third-order valence-corrected chi connectivity index (χ3v) is 4.81. The first-order valence-electron chi connectivity index (χ1n) is 7.66. The van der Waals surface area contributed by atoms with Crippen LogP contribution in [0.2, 0.25) is 0 Å². The molecule has 0 aliphatic heterocycles. The topological polar surface area (TPSA) is 0 Å². The smallest absolute Gasteiger partial charge is 0.0260 e. The molecule has 110 valence electrons. The molecule has 0 N–H and O–H groups in total. The molecule has 0 fully saturated rings. The molecule has 1 heteroatoms. The maximum absolute atomic E-state index is 3.77. The highest BCUT2D eigenvalue weighted by Gasteiger charge is 2.08. The number of hydrogen-bond donors (Lipinski definition) is 0. The van der Waals surface area contributed by atoms with E-state index in [1.54, 1.807) is 0 Å². The normalized spacial score (nSPS) is 10.8. The summed E-state index contributed by atoms with van der Waals surface area (Å²) >= 11 is 3.77. The SMILES string of the molecule is Brc1cc(-c2ccccc2)ccc1-c1cccc2ccccc12. The molecule has 0 bridgehead atoms. The van der Waals surface area contributed by atoms with Crippen LogP contribution in [-0.4, -0.2) is 0 Å². The number of hydrogen-bond acceptors (Lipinski definition) is 0. The first-order chi connectivity index (χ1) is 11.3. The van der Waals surface area contributed by atoms with E-state index >= 15 is 0 Å². The minimum absolute atomic E-state index is 1.12. The molecule has 23 heavy (non-hydrogen) atoms. The van der Waals surface area contributed by atoms with Crippen molar-refractivity contribution < 1.29 is 0 Å². The lowest BCUT2D eigenvalue weighted by atomic mass is 9.96. The van der Waals surface area contributed by atoms with Crippen LogP contribution in [0.4, 0.5) is 0 Å². The molecule has 4 rings (SSSR count). The van der Waals surface area contributed by atoms with Crippen LogP contribution in [0.5, 0.6) is 0 Å². The number of halogens is 1. The van der Waals surface area contributed by atoms with E-state index in [0.717, 1.165) is 4.47 Å². The van der Waals surface area contributed by atoms with Crippen molar-refractivity contribution in [3.05, 3.63) is 95.5 Å². The van der Waals surface area contributed by atoms with Gasteiger partial charge in [-0.1, -0.05) is 101 Å². The van der Waals surface area contributed by atoms with Gasteiger partial charge >= 0.3 is 0 Å². The highest BCUT2D eigenvalue weighted by atomic mass is 79.9. The molecule has 0 saturated heterocycles. The summed E-state index contributed by atoms with van der Waals surface area (Å²) in [5.41, 5.74) is 4.94. The summed E-state index contributed by atoms with van der Waals surface area (Å²) in [6.07, 6.45) is 0. The van der Waals surface area contributed by atoms with E-state index < -0.39 is 0 Å². The Hall–Kier alpha value is -2.38. The first-order valence-corrected chi connectivity index (χ1v) is 8.45. The first kappa shape index (κ1) is 14.2. The fourth-order valence-corrected chi connectivity index (χ4v) is 3.60. The van der Waals surface area contributed by atoms with Gasteiger partial charge in [0.05, 0.1) is 0 Å². The average Bonchev–Trinajstić information content (AvgIpc) is 2.62. The van der Waals surface area contributed by atoms with Crippen molar-refractivity contribution in [2.24, 2.45) is 0 Å². The lowest BCUT2D eigenvalue weighted by Crippen LogP contribution is -1.85. The second-order valence-corrected chi connectivity index (χ2v) is 6.44. The molecule has 0 aliphatic rings. The summed E-state index contributed by atoms with van der Waals surface area (Å²) in [5.74, 6) is 0. The molecular formula is C22H15Br. The van der Waals surface area contributed by atoms with Crippen molar-refractivity contribution in [2.45, 2.75) is 0 Å². The summed E-state index contributed by atoms with van der Waals surface area (Å²) in [6.45, 7) is 0. The number of benzene rings is 4. The number of fused-ring (bicyclic) bond motifs is 1. The van der Waals surface area contributed by atoms with Crippen molar-refractivity contribution >= 4 is 26.7 Å². The molecule has 4 aromatic carbocycles. The van der Waals surface area contributed by atoms with E-state index in [1.807, 2.05) is 6.07 Å². The van der Waals surface area contributed by atoms with Crippen LogP contribution in [0.3, 0.4) is 0 Å². The second-order valence-electron chi connectivity index (χ2n) is 5.59. The monoisotopic (exact) mass is 358 g/mol. The fourth-order valence-electron chi connectivity index (χ4n) is 3.00. The molecular weight excluding hydrogens is 344 g/mol. The quantitative estimate of drug-likeness (QED) is 0.364. The van der Waals surface area contributed by atoms with Crippen molar-refractivity contribution in [1.29, 1.82) is 0 Å². The van der Waals surface area contributed by atoms with Gasteiger partial charge in [0.15, 0.2) is 0 Å². The zero-order chi connectivity index (χ0) is 15.6. The molecule has 0 aliphatic carbocycles. The summed E-state index contributed by atoms with van der Waals surface area (Å²) in [7, 11) is 0. The largest absolute Gasteiger partial charge is 0.0622 e. The Morgan fingerprint density at radius 1 is 0.522 bits per heavy atom. The van der Waals surface area contributed by atoms with E-state index in [9.17, 15) is 0 Å². The highest BCUT2D eigenvalue weighted by Crippen LogP contribution is 2.36. The predicted octanol–water partition coefficient (Wildman–Crippen LogP) is 6.94. The minimum Gasteiger partial charge on any atom is -0.0622 e. The van der Waals surface area contributed by atoms with Crippen molar-refractivity contribution in [3.8, 4) is 22.3 Å². The summed E-state index contributed by atoms with van der Waals surface area (Å²) in [6, 6.07) is 32.0. The van der Waals surface area contributed by atoms with Crippen LogP contribution >= 0.6 is 15.9 Å². The zero-order valence-electron chi connectivity index (χ0n) is 12.5. The minimum atomic E-state index is 1.12. The van der Waals surface area contributed by atoms with E-state index in [4.69, 9.17) is 0 Å². The van der Waals surface area contributed by atoms with E-state index in [-0.39, 0.29) is 0 Å². The summed E-state index contributed by atoms with van der Waals surface area (Å²) in [5, 5.41) is 2.55. The molecule has 0 saturated carbocycles. The van der Waals surface area contributed by atoms with Crippen LogP contribution in [0.15, 0.2) is 95.5 Å². The van der Waals surface area contributed by atoms with Crippen molar-refractivity contribution in [3.63, 3.8) is 0 Å². The van der Waals surface area contributed by atoms with Gasteiger partial charge in [0.2, 0.25) is 0 Å². The second kappa shape index (κ2) is 6.02. The Labute approximate surface area is 144 Å². The lowest BCUT2D eigenvalue weighted by molar-refractivity contribution is 1.57. The third-order valence-electron chi connectivity index (χ3n) is 4.16. The molecule has 4 aromatic rings. The van der Waals surface area contributed by atoms with Gasteiger partial charge in [-0.05, 0) is 39.1 Å². The van der Waals surface area contributed by atoms with Gasteiger partial charge in [-0.15, -0.1) is 0 Å². The van der Waals surface area contributed by atoms with Crippen LogP contribution < -0.4 is 0 Å². The van der Waals surface area contributed by atoms with Crippen molar-refractivity contribution in [1.82, 2.24) is 0 Å². The average molecular weight is 359 g/mol. The summed E-state index contributed by atoms with van der Waals surface area (Å²) in [4.78, 5) is 0. The Kier molecular flexibility index (Phi) is 3.72.